The molecule has 0 atom stereocenters. The molecule has 1 N–H and O–H groups in total. The Bertz CT molecular complexity index is 383. The second-order valence-corrected chi connectivity index (χ2v) is 3.21. The molecule has 1 aliphatic heterocycles. The van der Waals surface area contributed by atoms with Gasteiger partial charge < -0.3 is 5.32 Å². The second kappa shape index (κ2) is 4.46. The minimum absolute atomic E-state index is 0.145. The van der Waals surface area contributed by atoms with Gasteiger partial charge in [-0.2, -0.15) is 0 Å². The molecule has 0 saturated heterocycles. The number of urea groups is 1. The molecule has 3 heteroatoms. The fourth-order valence-electron chi connectivity index (χ4n) is 1.32. The predicted molar refractivity (Wildman–Crippen MR) is 60.2 cm³/mol. The summed E-state index contributed by atoms with van der Waals surface area (Å²) in [7, 11) is 0. The predicted octanol–water partition coefficient (Wildman–Crippen LogP) is 2.95. The molecule has 15 heavy (non-hydrogen) atoms. The molecule has 76 valence electrons. The first-order valence-electron chi connectivity index (χ1n) is 4.84. The Hall–Kier alpha value is -2.03. The summed E-state index contributed by atoms with van der Waals surface area (Å²) in [6.07, 6.45) is 8.28. The number of nitrogens with zero attached hydrogens (tertiary/aromatic N) is 1. The molecule has 1 aromatic rings. The highest BCUT2D eigenvalue weighted by Crippen LogP contribution is 2.09. The number of benzene rings is 1. The zero-order valence-corrected chi connectivity index (χ0v) is 8.26. The number of nitrogens with one attached hydrogen (secondary N) is 1. The summed E-state index contributed by atoms with van der Waals surface area (Å²) in [5.41, 5.74) is 0.801. The van der Waals surface area contributed by atoms with Crippen LogP contribution < -0.4 is 5.32 Å². The molecule has 2 amide bonds. The molecule has 1 aromatic carbocycles. The lowest BCUT2D eigenvalue weighted by molar-refractivity contribution is 0.238. The quantitative estimate of drug-likeness (QED) is 0.742. The minimum atomic E-state index is -0.145. The molecule has 0 radical (unpaired) electrons. The number of carbonyl (C=O) groups is 1. The van der Waals surface area contributed by atoms with Crippen LogP contribution in [0.4, 0.5) is 10.5 Å². The van der Waals surface area contributed by atoms with E-state index >= 15 is 0 Å². The number of hydrogen-bond acceptors (Lipinski definition) is 1. The number of anilines is 1. The van der Waals surface area contributed by atoms with Gasteiger partial charge in [-0.3, -0.25) is 4.90 Å². The first kappa shape index (κ1) is 9.52. The maximum absolute atomic E-state index is 11.7. The van der Waals surface area contributed by atoms with Crippen LogP contribution in [0.2, 0.25) is 0 Å². The molecule has 0 aromatic heterocycles. The third-order valence-corrected chi connectivity index (χ3v) is 2.06. The molecule has 1 heterocycles. The van der Waals surface area contributed by atoms with Crippen molar-refractivity contribution in [2.45, 2.75) is 6.42 Å². The van der Waals surface area contributed by atoms with Crippen molar-refractivity contribution >= 4 is 11.7 Å². The van der Waals surface area contributed by atoms with E-state index in [-0.39, 0.29) is 6.03 Å². The van der Waals surface area contributed by atoms with Gasteiger partial charge in [0.15, 0.2) is 0 Å². The number of hydrogen-bond donors (Lipinski definition) is 1. The SMILES string of the molecule is O=C(Nc1ccccc1)N1C=CCC=C1. The van der Waals surface area contributed by atoms with E-state index in [9.17, 15) is 4.79 Å². The van der Waals surface area contributed by atoms with Crippen molar-refractivity contribution in [1.29, 1.82) is 0 Å². The van der Waals surface area contributed by atoms with Crippen molar-refractivity contribution in [2.24, 2.45) is 0 Å². The lowest BCUT2D eigenvalue weighted by atomic mass is 10.3. The molecule has 2 rings (SSSR count). The Morgan fingerprint density at radius 1 is 1.13 bits per heavy atom. The van der Waals surface area contributed by atoms with Gasteiger partial charge in [-0.05, 0) is 18.6 Å². The maximum Gasteiger partial charge on any atom is 0.329 e. The van der Waals surface area contributed by atoms with Crippen LogP contribution in [0, 0.1) is 0 Å². The van der Waals surface area contributed by atoms with Crippen molar-refractivity contribution in [3.05, 3.63) is 54.9 Å². The molecule has 3 nitrogen and oxygen atoms in total. The number of para-hydroxylation sites is 1. The lowest BCUT2D eigenvalue weighted by Gasteiger charge is -2.16. The highest BCUT2D eigenvalue weighted by Gasteiger charge is 2.08. The summed E-state index contributed by atoms with van der Waals surface area (Å²) in [5.74, 6) is 0. The van der Waals surface area contributed by atoms with E-state index in [4.69, 9.17) is 0 Å². The summed E-state index contributed by atoms with van der Waals surface area (Å²) >= 11 is 0. The van der Waals surface area contributed by atoms with E-state index < -0.39 is 0 Å². The third-order valence-electron chi connectivity index (χ3n) is 2.06. The average Bonchev–Trinajstić information content (AvgIpc) is 2.31. The van der Waals surface area contributed by atoms with Gasteiger partial charge in [0.25, 0.3) is 0 Å². The topological polar surface area (TPSA) is 32.3 Å². The van der Waals surface area contributed by atoms with Gasteiger partial charge in [0.2, 0.25) is 0 Å². The summed E-state index contributed by atoms with van der Waals surface area (Å²) in [6, 6.07) is 9.25. The van der Waals surface area contributed by atoms with Crippen LogP contribution in [0.5, 0.6) is 0 Å². The monoisotopic (exact) mass is 200 g/mol. The fourth-order valence-corrected chi connectivity index (χ4v) is 1.32. The molecular weight excluding hydrogens is 188 g/mol. The first-order chi connectivity index (χ1) is 7.36. The van der Waals surface area contributed by atoms with Gasteiger partial charge in [0.1, 0.15) is 0 Å². The Morgan fingerprint density at radius 3 is 2.47 bits per heavy atom. The van der Waals surface area contributed by atoms with Gasteiger partial charge in [-0.1, -0.05) is 30.4 Å². The van der Waals surface area contributed by atoms with Crippen molar-refractivity contribution in [2.75, 3.05) is 5.32 Å². The van der Waals surface area contributed by atoms with Crippen molar-refractivity contribution < 1.29 is 4.79 Å². The molecule has 0 aliphatic carbocycles. The zero-order valence-electron chi connectivity index (χ0n) is 8.26. The van der Waals surface area contributed by atoms with Crippen molar-refractivity contribution in [3.8, 4) is 0 Å². The highest BCUT2D eigenvalue weighted by atomic mass is 16.2. The number of amides is 2. The maximum atomic E-state index is 11.7. The Kier molecular flexibility index (Phi) is 2.83. The van der Waals surface area contributed by atoms with E-state index in [0.717, 1.165) is 12.1 Å². The molecular formula is C12H12N2O. The van der Waals surface area contributed by atoms with Crippen LogP contribution in [-0.4, -0.2) is 10.9 Å². The zero-order chi connectivity index (χ0) is 10.5. The molecule has 0 bridgehead atoms. The largest absolute Gasteiger partial charge is 0.329 e. The van der Waals surface area contributed by atoms with E-state index in [1.165, 1.54) is 4.90 Å². The van der Waals surface area contributed by atoms with Crippen molar-refractivity contribution in [1.82, 2.24) is 4.90 Å². The van der Waals surface area contributed by atoms with E-state index in [0.29, 0.717) is 0 Å². The number of carbonyl (C=O) groups excluding carboxylic acids is 1. The van der Waals surface area contributed by atoms with Gasteiger partial charge in [0, 0.05) is 18.1 Å². The minimum Gasteiger partial charge on any atom is -0.307 e. The van der Waals surface area contributed by atoms with Crippen LogP contribution >= 0.6 is 0 Å². The van der Waals surface area contributed by atoms with Crippen LogP contribution in [0.15, 0.2) is 54.9 Å². The lowest BCUT2D eigenvalue weighted by Crippen LogP contribution is -2.26. The first-order valence-corrected chi connectivity index (χ1v) is 4.84. The van der Waals surface area contributed by atoms with Crippen LogP contribution in [0.3, 0.4) is 0 Å². The Balaban J connectivity index is 2.01. The molecule has 0 unspecified atom stereocenters. The van der Waals surface area contributed by atoms with Crippen molar-refractivity contribution in [3.63, 3.8) is 0 Å². The van der Waals surface area contributed by atoms with Crippen LogP contribution in [0.1, 0.15) is 6.42 Å². The van der Waals surface area contributed by atoms with Gasteiger partial charge in [-0.25, -0.2) is 4.79 Å². The van der Waals surface area contributed by atoms with Crippen LogP contribution in [-0.2, 0) is 0 Å². The Morgan fingerprint density at radius 2 is 1.80 bits per heavy atom. The van der Waals surface area contributed by atoms with Gasteiger partial charge >= 0.3 is 6.03 Å². The molecule has 0 fully saturated rings. The number of rotatable bonds is 1. The summed E-state index contributed by atoms with van der Waals surface area (Å²) in [4.78, 5) is 13.2. The highest BCUT2D eigenvalue weighted by molar-refractivity contribution is 5.90. The third kappa shape index (κ3) is 2.47. The normalized spacial score (nSPS) is 14.0. The van der Waals surface area contributed by atoms with Crippen LogP contribution in [0.25, 0.3) is 0 Å². The summed E-state index contributed by atoms with van der Waals surface area (Å²) in [5, 5.41) is 2.80. The summed E-state index contributed by atoms with van der Waals surface area (Å²) < 4.78 is 0. The smallest absolute Gasteiger partial charge is 0.307 e. The van der Waals surface area contributed by atoms with E-state index in [1.54, 1.807) is 12.4 Å². The fraction of sp³-hybridized carbons (Fsp3) is 0.0833. The number of allylic oxidation sites excluding steroid dienone is 2. The standard InChI is InChI=1S/C12H12N2O/c15-12(14-9-5-2-6-10-14)13-11-7-3-1-4-8-11/h1,3-10H,2H2,(H,13,15). The summed E-state index contributed by atoms with van der Waals surface area (Å²) in [6.45, 7) is 0. The Labute approximate surface area is 88.7 Å². The van der Waals surface area contributed by atoms with Gasteiger partial charge in [0.05, 0.1) is 0 Å². The second-order valence-electron chi connectivity index (χ2n) is 3.21. The van der Waals surface area contributed by atoms with E-state index in [1.807, 2.05) is 42.5 Å². The molecule has 0 spiro atoms. The van der Waals surface area contributed by atoms with E-state index in [2.05, 4.69) is 5.32 Å². The molecule has 0 saturated carbocycles. The average molecular weight is 200 g/mol. The van der Waals surface area contributed by atoms with Gasteiger partial charge in [-0.15, -0.1) is 0 Å². The molecule has 1 aliphatic rings.